The molecule has 0 aromatic heterocycles. The fourth-order valence-electron chi connectivity index (χ4n) is 2.11. The fraction of sp³-hybridized carbons (Fsp3) is 0.200. The molecule has 0 atom stereocenters. The van der Waals surface area contributed by atoms with E-state index in [9.17, 15) is 19.2 Å². The minimum atomic E-state index is -0.645. The molecule has 2 rings (SSSR count). The normalized spacial score (nSPS) is 10.0. The molecule has 140 valence electrons. The Hall–Kier alpha value is -3.48. The summed E-state index contributed by atoms with van der Waals surface area (Å²) >= 11 is 0. The van der Waals surface area contributed by atoms with Crippen molar-refractivity contribution in [2.45, 2.75) is 20.3 Å². The highest BCUT2D eigenvalue weighted by atomic mass is 16.5. The zero-order valence-electron chi connectivity index (χ0n) is 15.0. The maximum absolute atomic E-state index is 12.1. The van der Waals surface area contributed by atoms with Crippen LogP contribution in [0.15, 0.2) is 48.5 Å². The topological polar surface area (TPSA) is 98.8 Å². The Morgan fingerprint density at radius 3 is 2.04 bits per heavy atom. The molecule has 0 aliphatic carbocycles. The van der Waals surface area contributed by atoms with Crippen LogP contribution in [0.4, 0.5) is 5.69 Å². The van der Waals surface area contributed by atoms with Crippen LogP contribution in [0.3, 0.4) is 0 Å². The Kier molecular flexibility index (Phi) is 6.82. The van der Waals surface area contributed by atoms with E-state index in [0.717, 1.165) is 0 Å². The van der Waals surface area contributed by atoms with E-state index in [0.29, 0.717) is 23.4 Å². The van der Waals surface area contributed by atoms with Crippen LogP contribution in [0, 0.1) is 0 Å². The van der Waals surface area contributed by atoms with Crippen LogP contribution in [0.25, 0.3) is 0 Å². The van der Waals surface area contributed by atoms with Gasteiger partial charge in [0.15, 0.2) is 12.4 Å². The highest BCUT2D eigenvalue weighted by Crippen LogP contribution is 2.14. The van der Waals surface area contributed by atoms with Crippen LogP contribution >= 0.6 is 0 Å². The lowest BCUT2D eigenvalue weighted by atomic mass is 10.1. The number of anilines is 1. The fourth-order valence-corrected chi connectivity index (χ4v) is 2.11. The molecule has 0 bridgehead atoms. The summed E-state index contributed by atoms with van der Waals surface area (Å²) in [5.74, 6) is -1.29. The van der Waals surface area contributed by atoms with Gasteiger partial charge in [0.2, 0.25) is 5.91 Å². The van der Waals surface area contributed by atoms with Gasteiger partial charge in [-0.05, 0) is 48.5 Å². The zero-order valence-corrected chi connectivity index (χ0v) is 15.0. The number of hydrogen-bond acceptors (Lipinski definition) is 6. The maximum atomic E-state index is 12.1. The molecule has 0 aliphatic rings. The van der Waals surface area contributed by atoms with E-state index in [2.05, 4.69) is 5.32 Å². The number of carbonyl (C=O) groups excluding carboxylic acids is 4. The molecule has 1 N–H and O–H groups in total. The number of Topliss-reactive ketones (excluding diaryl/α,β-unsaturated/α-hetero) is 1. The first kappa shape index (κ1) is 19.8. The molecule has 0 spiro atoms. The monoisotopic (exact) mass is 369 g/mol. The van der Waals surface area contributed by atoms with Crippen molar-refractivity contribution in [1.82, 2.24) is 0 Å². The summed E-state index contributed by atoms with van der Waals surface area (Å²) in [6.07, 6.45) is 0.355. The zero-order chi connectivity index (χ0) is 19.8. The third-order valence-electron chi connectivity index (χ3n) is 3.50. The van der Waals surface area contributed by atoms with Gasteiger partial charge in [-0.2, -0.15) is 0 Å². The SMILES string of the molecule is CCC(=O)Nc1ccc(C(=O)OCC(=O)c2ccc(OC(C)=O)cc2)cc1. The molecule has 0 saturated carbocycles. The largest absolute Gasteiger partial charge is 0.454 e. The van der Waals surface area contributed by atoms with Crippen LogP contribution in [0.1, 0.15) is 41.0 Å². The molecule has 7 nitrogen and oxygen atoms in total. The van der Waals surface area contributed by atoms with E-state index in [1.165, 1.54) is 43.3 Å². The van der Waals surface area contributed by atoms with Gasteiger partial charge in [-0.3, -0.25) is 14.4 Å². The summed E-state index contributed by atoms with van der Waals surface area (Å²) in [5.41, 5.74) is 1.17. The molecule has 2 aromatic carbocycles. The lowest BCUT2D eigenvalue weighted by molar-refractivity contribution is -0.131. The lowest BCUT2D eigenvalue weighted by Crippen LogP contribution is -2.14. The molecule has 0 heterocycles. The van der Waals surface area contributed by atoms with Crippen molar-refractivity contribution < 1.29 is 28.7 Å². The molecule has 0 saturated heterocycles. The van der Waals surface area contributed by atoms with Crippen molar-refractivity contribution >= 4 is 29.3 Å². The Balaban J connectivity index is 1.89. The number of ketones is 1. The number of benzene rings is 2. The molecule has 0 unspecified atom stereocenters. The average molecular weight is 369 g/mol. The molecule has 0 radical (unpaired) electrons. The molecule has 1 amide bonds. The first-order chi connectivity index (χ1) is 12.9. The van der Waals surface area contributed by atoms with Gasteiger partial charge in [0, 0.05) is 24.6 Å². The van der Waals surface area contributed by atoms with Gasteiger partial charge in [0.1, 0.15) is 5.75 Å². The van der Waals surface area contributed by atoms with Gasteiger partial charge in [-0.25, -0.2) is 4.79 Å². The molecular formula is C20H19NO6. The molecule has 2 aromatic rings. The molecule has 27 heavy (non-hydrogen) atoms. The Labute approximate surface area is 156 Å². The Bertz CT molecular complexity index is 840. The molecular weight excluding hydrogens is 350 g/mol. The quantitative estimate of drug-likeness (QED) is 0.458. The summed E-state index contributed by atoms with van der Waals surface area (Å²) in [6.45, 7) is 2.60. The minimum Gasteiger partial charge on any atom is -0.454 e. The van der Waals surface area contributed by atoms with Crippen molar-refractivity contribution in [3.05, 3.63) is 59.7 Å². The van der Waals surface area contributed by atoms with Crippen molar-refractivity contribution in [2.75, 3.05) is 11.9 Å². The number of esters is 2. The van der Waals surface area contributed by atoms with Crippen LogP contribution in [-0.2, 0) is 14.3 Å². The number of ether oxygens (including phenoxy) is 2. The van der Waals surface area contributed by atoms with Gasteiger partial charge < -0.3 is 14.8 Å². The second kappa shape index (κ2) is 9.28. The van der Waals surface area contributed by atoms with Crippen molar-refractivity contribution in [3.63, 3.8) is 0 Å². The second-order valence-electron chi connectivity index (χ2n) is 5.60. The summed E-state index contributed by atoms with van der Waals surface area (Å²) in [5, 5.41) is 2.67. The van der Waals surface area contributed by atoms with E-state index in [1.807, 2.05) is 0 Å². The predicted molar refractivity (Wildman–Crippen MR) is 97.7 cm³/mol. The number of amides is 1. The maximum Gasteiger partial charge on any atom is 0.338 e. The number of hydrogen-bond donors (Lipinski definition) is 1. The third kappa shape index (κ3) is 6.07. The highest BCUT2D eigenvalue weighted by molar-refractivity contribution is 5.99. The van der Waals surface area contributed by atoms with Gasteiger partial charge in [-0.1, -0.05) is 6.92 Å². The van der Waals surface area contributed by atoms with Crippen molar-refractivity contribution in [3.8, 4) is 5.75 Å². The first-order valence-electron chi connectivity index (χ1n) is 8.27. The lowest BCUT2D eigenvalue weighted by Gasteiger charge is -2.07. The summed E-state index contributed by atoms with van der Waals surface area (Å²) in [4.78, 5) is 46.3. The first-order valence-corrected chi connectivity index (χ1v) is 8.27. The van der Waals surface area contributed by atoms with E-state index in [-0.39, 0.29) is 17.3 Å². The average Bonchev–Trinajstić information content (AvgIpc) is 2.66. The van der Waals surface area contributed by atoms with Gasteiger partial charge in [0.25, 0.3) is 0 Å². The van der Waals surface area contributed by atoms with Crippen LogP contribution in [0.5, 0.6) is 5.75 Å². The molecule has 0 aliphatic heterocycles. The Morgan fingerprint density at radius 1 is 0.889 bits per heavy atom. The summed E-state index contributed by atoms with van der Waals surface area (Å²) < 4.78 is 9.90. The van der Waals surface area contributed by atoms with Gasteiger partial charge in [0.05, 0.1) is 5.56 Å². The van der Waals surface area contributed by atoms with Crippen molar-refractivity contribution in [1.29, 1.82) is 0 Å². The van der Waals surface area contributed by atoms with E-state index >= 15 is 0 Å². The second-order valence-corrected chi connectivity index (χ2v) is 5.60. The van der Waals surface area contributed by atoms with Crippen LogP contribution in [0.2, 0.25) is 0 Å². The Morgan fingerprint density at radius 2 is 1.48 bits per heavy atom. The third-order valence-corrected chi connectivity index (χ3v) is 3.50. The van der Waals surface area contributed by atoms with Crippen LogP contribution < -0.4 is 10.1 Å². The standard InChI is InChI=1S/C20H19NO6/c1-3-19(24)21-16-8-4-15(5-9-16)20(25)26-12-18(23)14-6-10-17(11-7-14)27-13(2)22/h4-11H,3,12H2,1-2H3,(H,21,24). The van der Waals surface area contributed by atoms with Gasteiger partial charge in [-0.15, -0.1) is 0 Å². The van der Waals surface area contributed by atoms with Crippen LogP contribution in [-0.4, -0.2) is 30.2 Å². The van der Waals surface area contributed by atoms with Gasteiger partial charge >= 0.3 is 11.9 Å². The van der Waals surface area contributed by atoms with Crippen molar-refractivity contribution in [2.24, 2.45) is 0 Å². The molecule has 0 fully saturated rings. The number of rotatable bonds is 7. The smallest absolute Gasteiger partial charge is 0.338 e. The van der Waals surface area contributed by atoms with E-state index in [4.69, 9.17) is 9.47 Å². The van der Waals surface area contributed by atoms with E-state index < -0.39 is 18.5 Å². The van der Waals surface area contributed by atoms with E-state index in [1.54, 1.807) is 19.1 Å². The number of carbonyl (C=O) groups is 4. The predicted octanol–water partition coefficient (Wildman–Crippen LogP) is 3.00. The highest BCUT2D eigenvalue weighted by Gasteiger charge is 2.12. The summed E-state index contributed by atoms with van der Waals surface area (Å²) in [7, 11) is 0. The minimum absolute atomic E-state index is 0.129. The number of nitrogens with one attached hydrogen (secondary N) is 1. The molecule has 7 heteroatoms. The summed E-state index contributed by atoms with van der Waals surface area (Å²) in [6, 6.07) is 12.1.